The number of methoxy groups -OCH3 is 1. The number of pyridine rings is 2. The lowest BCUT2D eigenvalue weighted by atomic mass is 10.0. The topological polar surface area (TPSA) is 155 Å². The molecule has 49 heavy (non-hydrogen) atoms. The molecule has 13 nitrogen and oxygen atoms in total. The number of benzene rings is 2. The van der Waals surface area contributed by atoms with Gasteiger partial charge in [0.05, 0.1) is 25.0 Å². The van der Waals surface area contributed by atoms with Gasteiger partial charge in [0.1, 0.15) is 35.0 Å². The fraction of sp³-hybridized carbons (Fsp3) is 0.206. The zero-order valence-electron chi connectivity index (χ0n) is 26.9. The van der Waals surface area contributed by atoms with Crippen molar-refractivity contribution >= 4 is 23.5 Å². The Balaban J connectivity index is 1.39. The number of H-pyrrole nitrogens is 1. The van der Waals surface area contributed by atoms with Crippen LogP contribution >= 0.6 is 11.6 Å². The molecule has 250 valence electrons. The molecule has 2 N–H and O–H groups in total. The maximum absolute atomic E-state index is 15.6. The molecule has 1 atom stereocenters. The van der Waals surface area contributed by atoms with Crippen molar-refractivity contribution in [3.05, 3.63) is 118 Å². The van der Waals surface area contributed by atoms with E-state index in [1.165, 1.54) is 41.0 Å². The predicted molar refractivity (Wildman–Crippen MR) is 180 cm³/mol. The molecule has 0 radical (unpaired) electrons. The molecule has 6 aromatic rings. The predicted octanol–water partition coefficient (Wildman–Crippen LogP) is 6.26. The number of carbonyl (C=O) groups is 1. The summed E-state index contributed by atoms with van der Waals surface area (Å²) in [6.07, 6.45) is 4.01. The van der Waals surface area contributed by atoms with Crippen LogP contribution in [0.25, 0.3) is 28.1 Å². The summed E-state index contributed by atoms with van der Waals surface area (Å²) >= 11 is 6.38. The van der Waals surface area contributed by atoms with Gasteiger partial charge >= 0.3 is 6.09 Å². The molecule has 0 aliphatic carbocycles. The summed E-state index contributed by atoms with van der Waals surface area (Å²) in [5.74, 6) is 0.0438. The molecule has 15 heteroatoms. The number of hydrogen-bond acceptors (Lipinski definition) is 9. The van der Waals surface area contributed by atoms with Crippen LogP contribution in [-0.4, -0.2) is 58.5 Å². The van der Waals surface area contributed by atoms with E-state index < -0.39 is 29.2 Å². The molecule has 0 saturated carbocycles. The number of anilines is 1. The highest BCUT2D eigenvalue weighted by Crippen LogP contribution is 2.36. The normalized spacial score (nSPS) is 12.0. The smallest absolute Gasteiger partial charge is 0.413 e. The second-order valence-corrected chi connectivity index (χ2v) is 12.4. The maximum Gasteiger partial charge on any atom is 0.413 e. The van der Waals surface area contributed by atoms with Crippen LogP contribution in [0.4, 0.5) is 15.0 Å². The quantitative estimate of drug-likeness (QED) is 0.180. The Kier molecular flexibility index (Phi) is 9.23. The number of carbonyl (C=O) groups excluding carboxylic acids is 1. The number of nitrogens with one attached hydrogen (secondary N) is 2. The van der Waals surface area contributed by atoms with Crippen molar-refractivity contribution in [1.82, 2.24) is 39.7 Å². The second-order valence-electron chi connectivity index (χ2n) is 12.0. The average Bonchev–Trinajstić information content (AvgIpc) is 3.74. The first kappa shape index (κ1) is 33.0. The third-order valence-electron chi connectivity index (χ3n) is 7.38. The molecule has 0 spiro atoms. The minimum atomic E-state index is -0.777. The van der Waals surface area contributed by atoms with Crippen molar-refractivity contribution in [3.63, 3.8) is 0 Å². The molecular weight excluding hydrogens is 653 g/mol. The SMILES string of the molecule is COc1cn(C(Cc2ccccc2)c2nc(-c3ccc(NC(=O)OC(C)(C)C)nc3)c(F)[nH]2)c(=O)cc1-c1cc(Cl)ccc1-n1cnnn1. The summed E-state index contributed by atoms with van der Waals surface area (Å²) in [4.78, 5) is 37.7. The van der Waals surface area contributed by atoms with Gasteiger partial charge in [0.15, 0.2) is 0 Å². The third-order valence-corrected chi connectivity index (χ3v) is 7.61. The highest BCUT2D eigenvalue weighted by molar-refractivity contribution is 6.31. The Hall–Kier alpha value is -5.89. The monoisotopic (exact) mass is 683 g/mol. The number of halogens is 2. The number of imidazole rings is 1. The van der Waals surface area contributed by atoms with Gasteiger partial charge < -0.3 is 19.0 Å². The summed E-state index contributed by atoms with van der Waals surface area (Å²) < 4.78 is 29.5. The van der Waals surface area contributed by atoms with E-state index in [9.17, 15) is 9.59 Å². The first-order valence-electron chi connectivity index (χ1n) is 15.1. The van der Waals surface area contributed by atoms with E-state index in [0.29, 0.717) is 39.6 Å². The molecule has 0 bridgehead atoms. The van der Waals surface area contributed by atoms with Crippen LogP contribution in [0.3, 0.4) is 0 Å². The molecule has 4 aromatic heterocycles. The summed E-state index contributed by atoms with van der Waals surface area (Å²) in [5, 5.41) is 14.4. The Bertz CT molecular complexity index is 2150. The number of aromatic nitrogens is 8. The fourth-order valence-corrected chi connectivity index (χ4v) is 5.41. The van der Waals surface area contributed by atoms with Crippen LogP contribution in [0.15, 0.2) is 90.2 Å². The van der Waals surface area contributed by atoms with Crippen LogP contribution < -0.4 is 15.6 Å². The zero-order chi connectivity index (χ0) is 34.7. The average molecular weight is 684 g/mol. The third kappa shape index (κ3) is 7.49. The number of amides is 1. The molecule has 2 aromatic carbocycles. The largest absolute Gasteiger partial charge is 0.495 e. The maximum atomic E-state index is 15.6. The van der Waals surface area contributed by atoms with E-state index >= 15 is 4.39 Å². The minimum absolute atomic E-state index is 0.00831. The fourth-order valence-electron chi connectivity index (χ4n) is 5.24. The van der Waals surface area contributed by atoms with Crippen LogP contribution in [-0.2, 0) is 11.2 Å². The summed E-state index contributed by atoms with van der Waals surface area (Å²) in [5.41, 5.74) is 1.72. The van der Waals surface area contributed by atoms with E-state index in [1.807, 2.05) is 30.3 Å². The lowest BCUT2D eigenvalue weighted by molar-refractivity contribution is 0.0635. The Morgan fingerprint density at radius 3 is 2.55 bits per heavy atom. The number of hydrogen-bond donors (Lipinski definition) is 2. The van der Waals surface area contributed by atoms with Gasteiger partial charge in [0.2, 0.25) is 5.95 Å². The lowest BCUT2D eigenvalue weighted by Crippen LogP contribution is -2.27. The van der Waals surface area contributed by atoms with E-state index in [0.717, 1.165) is 5.56 Å². The van der Waals surface area contributed by atoms with E-state index in [1.54, 1.807) is 51.2 Å². The Morgan fingerprint density at radius 2 is 1.88 bits per heavy atom. The van der Waals surface area contributed by atoms with Gasteiger partial charge in [-0.25, -0.2) is 14.8 Å². The van der Waals surface area contributed by atoms with Crippen molar-refractivity contribution in [3.8, 4) is 33.8 Å². The van der Waals surface area contributed by atoms with Crippen molar-refractivity contribution in [1.29, 1.82) is 0 Å². The zero-order valence-corrected chi connectivity index (χ0v) is 27.6. The first-order valence-corrected chi connectivity index (χ1v) is 15.5. The minimum Gasteiger partial charge on any atom is -0.495 e. The Morgan fingerprint density at radius 1 is 1.08 bits per heavy atom. The number of nitrogens with zero attached hydrogens (tertiary/aromatic N) is 7. The number of tetrazole rings is 1. The van der Waals surface area contributed by atoms with Gasteiger partial charge in [-0.3, -0.25) is 10.1 Å². The molecule has 0 saturated heterocycles. The highest BCUT2D eigenvalue weighted by atomic mass is 35.5. The van der Waals surface area contributed by atoms with Crippen LogP contribution in [0.5, 0.6) is 5.75 Å². The Labute approximate surface area is 284 Å². The van der Waals surface area contributed by atoms with E-state index in [-0.39, 0.29) is 17.3 Å². The summed E-state index contributed by atoms with van der Waals surface area (Å²) in [7, 11) is 1.49. The molecule has 4 heterocycles. The van der Waals surface area contributed by atoms with Crippen molar-refractivity contribution in [2.45, 2.75) is 38.8 Å². The molecule has 1 amide bonds. The van der Waals surface area contributed by atoms with Gasteiger partial charge in [-0.05, 0) is 67.1 Å². The van der Waals surface area contributed by atoms with Gasteiger partial charge in [-0.1, -0.05) is 41.9 Å². The first-order chi connectivity index (χ1) is 23.5. The van der Waals surface area contributed by atoms with Crippen molar-refractivity contribution < 1.29 is 18.7 Å². The van der Waals surface area contributed by atoms with Gasteiger partial charge in [-0.2, -0.15) is 9.07 Å². The lowest BCUT2D eigenvalue weighted by Gasteiger charge is -2.21. The highest BCUT2D eigenvalue weighted by Gasteiger charge is 2.25. The molecular formula is C34H31ClFN9O4. The molecule has 0 fully saturated rings. The van der Waals surface area contributed by atoms with Crippen molar-refractivity contribution in [2.24, 2.45) is 0 Å². The van der Waals surface area contributed by atoms with Crippen LogP contribution in [0.1, 0.15) is 38.2 Å². The summed E-state index contributed by atoms with van der Waals surface area (Å²) in [6, 6.07) is 18.3. The second kappa shape index (κ2) is 13.7. The standard InChI is InChI=1S/C34H31ClFN9O4/c1-34(2,3)49-33(47)39-28-13-10-21(17-37-28)30-31(36)41-32(40-30)26(14-20-8-6-5-7-9-20)44-18-27(48-4)24(16-29(44)46)23-15-22(35)11-12-25(23)45-19-38-42-43-45/h5-13,15-19,26H,14H2,1-4H3,(H,40,41)(H,37,39,47). The van der Waals surface area contributed by atoms with Crippen LogP contribution in [0, 0.1) is 5.95 Å². The van der Waals surface area contributed by atoms with Gasteiger partial charge in [0.25, 0.3) is 5.56 Å². The summed E-state index contributed by atoms with van der Waals surface area (Å²) in [6.45, 7) is 5.25. The van der Waals surface area contributed by atoms with E-state index in [4.69, 9.17) is 21.1 Å². The number of ether oxygens (including phenoxy) is 2. The van der Waals surface area contributed by atoms with Gasteiger partial charge in [-0.15, -0.1) is 5.10 Å². The van der Waals surface area contributed by atoms with E-state index in [2.05, 4.69) is 35.8 Å². The van der Waals surface area contributed by atoms with Crippen molar-refractivity contribution in [2.75, 3.05) is 12.4 Å². The molecule has 0 aliphatic rings. The molecule has 1 unspecified atom stereocenters. The van der Waals surface area contributed by atoms with Crippen LogP contribution in [0.2, 0.25) is 5.02 Å². The van der Waals surface area contributed by atoms with Gasteiger partial charge in [0, 0.05) is 40.4 Å². The molecule has 6 rings (SSSR count). The number of aromatic amines is 1. The number of rotatable bonds is 9. The molecule has 0 aliphatic heterocycles.